The van der Waals surface area contributed by atoms with Gasteiger partial charge in [-0.1, -0.05) is 32.1 Å². The molecule has 3 heterocycles. The van der Waals surface area contributed by atoms with Gasteiger partial charge >= 0.3 is 0 Å². The Morgan fingerprint density at radius 2 is 1.85 bits per heavy atom. The molecule has 0 spiro atoms. The monoisotopic (exact) mass is 645 g/mol. The molecular formula is C34H47NO11. The van der Waals surface area contributed by atoms with Gasteiger partial charge in [0.25, 0.3) is 5.79 Å². The third-order valence-corrected chi connectivity index (χ3v) is 9.46. The lowest BCUT2D eigenvalue weighted by Crippen LogP contribution is -2.46. The van der Waals surface area contributed by atoms with E-state index < -0.39 is 36.6 Å². The van der Waals surface area contributed by atoms with Crippen molar-refractivity contribution in [3.05, 3.63) is 64.0 Å². The zero-order valence-electron chi connectivity index (χ0n) is 27.2. The van der Waals surface area contributed by atoms with Gasteiger partial charge in [0.1, 0.15) is 12.2 Å². The highest BCUT2D eigenvalue weighted by molar-refractivity contribution is 6.05. The van der Waals surface area contributed by atoms with Crippen LogP contribution in [0.25, 0.3) is 0 Å². The Morgan fingerprint density at radius 3 is 2.52 bits per heavy atom. The van der Waals surface area contributed by atoms with Gasteiger partial charge in [-0.3, -0.25) is 14.8 Å². The number of carbonyl (C=O) groups is 2. The van der Waals surface area contributed by atoms with Crippen LogP contribution in [0.1, 0.15) is 79.1 Å². The van der Waals surface area contributed by atoms with Gasteiger partial charge in [-0.05, 0) is 74.5 Å². The molecule has 0 saturated carbocycles. The minimum atomic E-state index is -1.63. The van der Waals surface area contributed by atoms with E-state index >= 15 is 0 Å². The van der Waals surface area contributed by atoms with Crippen LogP contribution in [-0.2, 0) is 43.3 Å². The molecule has 0 radical (unpaired) electrons. The van der Waals surface area contributed by atoms with E-state index in [0.29, 0.717) is 66.3 Å². The number of ketones is 1. The van der Waals surface area contributed by atoms with Gasteiger partial charge in [-0.15, -0.1) is 0 Å². The Balaban J connectivity index is 1.71. The Kier molecular flexibility index (Phi) is 12.2. The lowest BCUT2D eigenvalue weighted by Gasteiger charge is -2.37. The van der Waals surface area contributed by atoms with Gasteiger partial charge in [0.2, 0.25) is 11.7 Å². The van der Waals surface area contributed by atoms with E-state index in [2.05, 4.69) is 5.32 Å². The topological polar surface area (TPSA) is 173 Å². The number of fused-ring (bicyclic) bond motifs is 14. The number of rotatable bonds is 4. The van der Waals surface area contributed by atoms with E-state index in [9.17, 15) is 30.3 Å². The van der Waals surface area contributed by atoms with Gasteiger partial charge in [0.15, 0.2) is 5.75 Å². The molecule has 46 heavy (non-hydrogen) atoms. The summed E-state index contributed by atoms with van der Waals surface area (Å²) in [4.78, 5) is 36.8. The predicted octanol–water partition coefficient (Wildman–Crippen LogP) is 3.94. The SMILES string of the molecule is CO[C@@H]1C(O)CCC(C)/C=C/C=C(/CO)C(=O)NC2CCc3c(c(OO)c(C)c4c3C(=O)[C@@](C)(O/C=C/CC(C)C1OO)OC4)C2. The molecule has 0 saturated heterocycles. The summed E-state index contributed by atoms with van der Waals surface area (Å²) in [7, 11) is 1.44. The van der Waals surface area contributed by atoms with Crippen molar-refractivity contribution in [2.75, 3.05) is 13.7 Å². The zero-order valence-corrected chi connectivity index (χ0v) is 27.2. The first kappa shape index (κ1) is 35.7. The molecule has 12 heteroatoms. The quantitative estimate of drug-likeness (QED) is 0.237. The smallest absolute Gasteiger partial charge is 0.271 e. The number of ether oxygens (including phenoxy) is 3. The molecule has 1 amide bonds. The summed E-state index contributed by atoms with van der Waals surface area (Å²) in [6, 6.07) is -0.334. The number of methoxy groups -OCH3 is 1. The van der Waals surface area contributed by atoms with Crippen LogP contribution in [0.5, 0.6) is 5.75 Å². The summed E-state index contributed by atoms with van der Waals surface area (Å²) >= 11 is 0. The molecule has 7 atom stereocenters. The molecular weight excluding hydrogens is 598 g/mol. The van der Waals surface area contributed by atoms with Crippen molar-refractivity contribution in [2.45, 2.75) is 103 Å². The Bertz CT molecular complexity index is 1360. The van der Waals surface area contributed by atoms with Crippen LogP contribution < -0.4 is 10.2 Å². The van der Waals surface area contributed by atoms with Crippen LogP contribution in [0.15, 0.2) is 36.1 Å². The van der Waals surface area contributed by atoms with E-state index in [1.807, 2.05) is 19.9 Å². The molecule has 5 bridgehead atoms. The van der Waals surface area contributed by atoms with E-state index in [0.717, 1.165) is 0 Å². The molecule has 4 aliphatic rings. The van der Waals surface area contributed by atoms with Crippen molar-refractivity contribution in [3.63, 3.8) is 0 Å². The molecule has 12 nitrogen and oxygen atoms in total. The van der Waals surface area contributed by atoms with Crippen molar-refractivity contribution in [1.82, 2.24) is 5.32 Å². The number of carbonyl (C=O) groups excluding carboxylic acids is 2. The molecule has 5 rings (SSSR count). The summed E-state index contributed by atoms with van der Waals surface area (Å²) in [5, 5.41) is 43.5. The largest absolute Gasteiger partial charge is 0.463 e. The summed E-state index contributed by atoms with van der Waals surface area (Å²) in [5.74, 6) is -2.48. The van der Waals surface area contributed by atoms with Crippen molar-refractivity contribution in [2.24, 2.45) is 11.8 Å². The van der Waals surface area contributed by atoms with Crippen molar-refractivity contribution in [1.29, 1.82) is 0 Å². The van der Waals surface area contributed by atoms with E-state index in [1.54, 1.807) is 32.1 Å². The van der Waals surface area contributed by atoms with Crippen molar-refractivity contribution in [3.8, 4) is 5.75 Å². The molecule has 5 unspecified atom stereocenters. The number of Topliss-reactive ketones (excluding diaryl/α,β-unsaturated/α-hetero) is 1. The third-order valence-electron chi connectivity index (χ3n) is 9.46. The van der Waals surface area contributed by atoms with Crippen LogP contribution in [0.3, 0.4) is 0 Å². The molecule has 5 N–H and O–H groups in total. The first-order valence-electron chi connectivity index (χ1n) is 15.8. The lowest BCUT2D eigenvalue weighted by molar-refractivity contribution is -0.316. The number of amides is 1. The highest BCUT2D eigenvalue weighted by Gasteiger charge is 2.45. The first-order chi connectivity index (χ1) is 22.0. The molecule has 0 fully saturated rings. The summed E-state index contributed by atoms with van der Waals surface area (Å²) in [6.45, 7) is 6.67. The highest BCUT2D eigenvalue weighted by Crippen LogP contribution is 2.43. The second-order valence-corrected chi connectivity index (χ2v) is 12.7. The fourth-order valence-corrected chi connectivity index (χ4v) is 6.59. The minimum Gasteiger partial charge on any atom is -0.463 e. The Labute approximate surface area is 269 Å². The minimum absolute atomic E-state index is 0.0230. The predicted molar refractivity (Wildman–Crippen MR) is 167 cm³/mol. The van der Waals surface area contributed by atoms with E-state index in [4.69, 9.17) is 24.0 Å². The number of hydrogen-bond acceptors (Lipinski definition) is 11. The zero-order chi connectivity index (χ0) is 33.6. The number of aliphatic hydroxyl groups excluding tert-OH is 2. The van der Waals surface area contributed by atoms with Gasteiger partial charge in [-0.2, -0.15) is 0 Å². The average molecular weight is 646 g/mol. The number of allylic oxidation sites excluding steroid dienone is 4. The fourth-order valence-electron chi connectivity index (χ4n) is 6.59. The molecule has 254 valence electrons. The van der Waals surface area contributed by atoms with Gasteiger partial charge in [0, 0.05) is 42.3 Å². The maximum Gasteiger partial charge on any atom is 0.271 e. The van der Waals surface area contributed by atoms with Crippen molar-refractivity contribution < 1.29 is 54.3 Å². The Morgan fingerprint density at radius 1 is 1.09 bits per heavy atom. The van der Waals surface area contributed by atoms with Crippen LogP contribution in [0, 0.1) is 18.8 Å². The number of nitrogens with one attached hydrogen (secondary N) is 1. The molecule has 1 aromatic rings. The van der Waals surface area contributed by atoms with Crippen LogP contribution in [0.4, 0.5) is 0 Å². The summed E-state index contributed by atoms with van der Waals surface area (Å²) < 4.78 is 17.4. The summed E-state index contributed by atoms with van der Waals surface area (Å²) in [6.07, 6.45) is 8.19. The molecule has 1 aliphatic carbocycles. The van der Waals surface area contributed by atoms with Crippen LogP contribution in [-0.4, -0.2) is 76.3 Å². The van der Waals surface area contributed by atoms with Crippen LogP contribution >= 0.6 is 0 Å². The van der Waals surface area contributed by atoms with Gasteiger partial charge in [-0.25, -0.2) is 10.1 Å². The number of hydrogen-bond donors (Lipinski definition) is 5. The molecule has 1 aromatic carbocycles. The molecule has 3 aliphatic heterocycles. The normalized spacial score (nSPS) is 33.7. The highest BCUT2D eigenvalue weighted by atomic mass is 17.1. The average Bonchev–Trinajstić information content (AvgIpc) is 3.04. The van der Waals surface area contributed by atoms with Gasteiger partial charge < -0.3 is 34.6 Å². The fraction of sp³-hybridized carbons (Fsp3) is 0.588. The first-order valence-corrected chi connectivity index (χ1v) is 15.8. The standard InChI is InChI=1S/C34H47NO11/c1-19-8-6-10-22(17-36)33(39)35-23-12-13-24-25(16-23)30(46-41)21(3)26-18-44-34(4,32(38)28(24)26)43-15-7-9-20(2)29(45-40)31(42-5)27(37)14-11-19/h6-8,10,15,19-20,23,27,29,31,36-37,40-41H,9,11-14,16-18H2,1-5H3,(H,35,39)/b8-6+,15-7+,22-10-/t19?,20?,23?,27?,29?,31-,34+/m1/s1. The summed E-state index contributed by atoms with van der Waals surface area (Å²) in [5.41, 5.74) is 3.14. The maximum absolute atomic E-state index is 14.0. The van der Waals surface area contributed by atoms with E-state index in [1.165, 1.54) is 13.4 Å². The third kappa shape index (κ3) is 7.54. The van der Waals surface area contributed by atoms with Gasteiger partial charge in [0.05, 0.1) is 25.6 Å². The number of aliphatic hydroxyl groups is 2. The lowest BCUT2D eigenvalue weighted by atomic mass is 9.78. The second-order valence-electron chi connectivity index (χ2n) is 12.7. The number of benzene rings is 1. The Hall–Kier alpha value is -3.10. The van der Waals surface area contributed by atoms with Crippen LogP contribution in [0.2, 0.25) is 0 Å². The van der Waals surface area contributed by atoms with Crippen molar-refractivity contribution >= 4 is 11.7 Å². The maximum atomic E-state index is 14.0. The van der Waals surface area contributed by atoms with E-state index in [-0.39, 0.29) is 41.6 Å². The second kappa shape index (κ2) is 15.7. The molecule has 0 aromatic heterocycles.